The van der Waals surface area contributed by atoms with E-state index in [4.69, 9.17) is 23.8 Å². The fourth-order valence-corrected chi connectivity index (χ4v) is 4.03. The lowest BCUT2D eigenvalue weighted by Crippen LogP contribution is -2.39. The second-order valence-electron chi connectivity index (χ2n) is 8.10. The molecule has 4 rings (SSSR count). The van der Waals surface area contributed by atoms with Crippen LogP contribution >= 0.6 is 23.8 Å². The molecule has 0 aliphatic carbocycles. The number of H-pyrrole nitrogens is 1. The summed E-state index contributed by atoms with van der Waals surface area (Å²) in [5.41, 5.74) is 5.13. The first-order valence-electron chi connectivity index (χ1n) is 11.0. The number of hydrogen-bond acceptors (Lipinski definition) is 4. The van der Waals surface area contributed by atoms with Gasteiger partial charge in [0, 0.05) is 35.0 Å². The van der Waals surface area contributed by atoms with Gasteiger partial charge in [-0.2, -0.15) is 0 Å². The summed E-state index contributed by atoms with van der Waals surface area (Å²) in [6, 6.07) is 12.2. The van der Waals surface area contributed by atoms with Crippen LogP contribution in [-0.4, -0.2) is 32.6 Å². The van der Waals surface area contributed by atoms with E-state index in [9.17, 15) is 4.39 Å². The third-order valence-electron chi connectivity index (χ3n) is 5.26. The zero-order valence-electron chi connectivity index (χ0n) is 19.5. The maximum Gasteiger partial charge on any atom is 0.229 e. The minimum absolute atomic E-state index is 0.274. The highest BCUT2D eigenvalue weighted by atomic mass is 35.5. The lowest BCUT2D eigenvalue weighted by molar-refractivity contribution is 0.629. The number of nitrogens with one attached hydrogen (secondary N) is 4. The monoisotopic (exact) mass is 509 g/mol. The number of aryl methyl sites for hydroxylation is 3. The predicted molar refractivity (Wildman–Crippen MR) is 145 cm³/mol. The summed E-state index contributed by atoms with van der Waals surface area (Å²) in [6.45, 7) is 6.13. The average Bonchev–Trinajstić information content (AvgIpc) is 3.18. The van der Waals surface area contributed by atoms with E-state index < -0.39 is 0 Å². The highest BCUT2D eigenvalue weighted by Gasteiger charge is 2.10. The average molecular weight is 510 g/mol. The van der Waals surface area contributed by atoms with Crippen LogP contribution in [0.15, 0.2) is 53.7 Å². The van der Waals surface area contributed by atoms with Crippen LogP contribution in [0.25, 0.3) is 10.9 Å². The smallest absolute Gasteiger partial charge is 0.229 e. The van der Waals surface area contributed by atoms with Gasteiger partial charge in [-0.3, -0.25) is 10.3 Å². The first-order chi connectivity index (χ1) is 16.8. The third-order valence-corrected chi connectivity index (χ3v) is 5.97. The number of guanidine groups is 1. The van der Waals surface area contributed by atoms with Gasteiger partial charge in [0.1, 0.15) is 5.82 Å². The molecule has 10 heteroatoms. The SMILES string of the molecule is Cc1cc(C)nc(NC(=NCCc2c[nH]c3ccc(F)cc23)NC(=S)Nc2cccc(C)c2Cl)n1. The number of hydrogen-bond donors (Lipinski definition) is 4. The summed E-state index contributed by atoms with van der Waals surface area (Å²) < 4.78 is 13.7. The molecule has 0 amide bonds. The Morgan fingerprint density at radius 1 is 1.09 bits per heavy atom. The van der Waals surface area contributed by atoms with E-state index in [1.54, 1.807) is 6.07 Å². The fourth-order valence-electron chi connectivity index (χ4n) is 3.65. The molecule has 0 spiro atoms. The molecule has 7 nitrogen and oxygen atoms in total. The number of aromatic amines is 1. The second kappa shape index (κ2) is 10.8. The molecule has 0 atom stereocenters. The lowest BCUT2D eigenvalue weighted by Gasteiger charge is -2.15. The molecule has 0 bridgehead atoms. The van der Waals surface area contributed by atoms with Crippen LogP contribution in [0.4, 0.5) is 16.0 Å². The predicted octanol–water partition coefficient (Wildman–Crippen LogP) is 5.67. The van der Waals surface area contributed by atoms with E-state index in [0.29, 0.717) is 40.7 Å². The second-order valence-corrected chi connectivity index (χ2v) is 8.89. The largest absolute Gasteiger partial charge is 0.361 e. The summed E-state index contributed by atoms with van der Waals surface area (Å²) >= 11 is 11.9. The molecule has 4 aromatic rings. The van der Waals surface area contributed by atoms with Crippen molar-refractivity contribution in [2.24, 2.45) is 4.99 Å². The summed E-state index contributed by atoms with van der Waals surface area (Å²) in [4.78, 5) is 16.7. The Morgan fingerprint density at radius 3 is 2.63 bits per heavy atom. The van der Waals surface area contributed by atoms with E-state index in [1.165, 1.54) is 12.1 Å². The molecule has 2 aromatic heterocycles. The van der Waals surface area contributed by atoms with Gasteiger partial charge in [0.15, 0.2) is 5.11 Å². The molecule has 0 fully saturated rings. The van der Waals surface area contributed by atoms with Crippen LogP contribution in [0.5, 0.6) is 0 Å². The normalized spacial score (nSPS) is 11.5. The molecule has 0 unspecified atom stereocenters. The number of nitrogens with zero attached hydrogens (tertiary/aromatic N) is 3. The summed E-state index contributed by atoms with van der Waals surface area (Å²) in [6.07, 6.45) is 2.47. The Bertz CT molecular complexity index is 1400. The summed E-state index contributed by atoms with van der Waals surface area (Å²) in [5, 5.41) is 11.0. The first-order valence-corrected chi connectivity index (χ1v) is 11.8. The van der Waals surface area contributed by atoms with Crippen molar-refractivity contribution in [2.45, 2.75) is 27.2 Å². The Kier molecular flexibility index (Phi) is 7.57. The van der Waals surface area contributed by atoms with E-state index >= 15 is 0 Å². The zero-order valence-corrected chi connectivity index (χ0v) is 21.1. The Balaban J connectivity index is 1.52. The number of benzene rings is 2. The number of aromatic nitrogens is 3. The Morgan fingerprint density at radius 2 is 1.86 bits per heavy atom. The van der Waals surface area contributed by atoms with Crippen LogP contribution in [0.3, 0.4) is 0 Å². The molecule has 180 valence electrons. The van der Waals surface area contributed by atoms with E-state index in [0.717, 1.165) is 33.4 Å². The van der Waals surface area contributed by atoms with Crippen molar-refractivity contribution in [3.8, 4) is 0 Å². The lowest BCUT2D eigenvalue weighted by atomic mass is 10.1. The first kappa shape index (κ1) is 24.6. The number of fused-ring (bicyclic) bond motifs is 1. The zero-order chi connectivity index (χ0) is 24.9. The molecular weight excluding hydrogens is 485 g/mol. The molecular formula is C25H25ClFN7S. The van der Waals surface area contributed by atoms with Gasteiger partial charge in [0.25, 0.3) is 0 Å². The van der Waals surface area contributed by atoms with Crippen molar-refractivity contribution in [1.29, 1.82) is 0 Å². The summed E-state index contributed by atoms with van der Waals surface area (Å²) in [7, 11) is 0. The maximum absolute atomic E-state index is 13.7. The molecule has 0 saturated heterocycles. The van der Waals surface area contributed by atoms with Gasteiger partial charge < -0.3 is 15.6 Å². The van der Waals surface area contributed by atoms with Gasteiger partial charge in [0.05, 0.1) is 10.7 Å². The fraction of sp³-hybridized carbons (Fsp3) is 0.200. The Hall–Kier alpha value is -3.56. The van der Waals surface area contributed by atoms with Crippen LogP contribution < -0.4 is 16.0 Å². The van der Waals surface area contributed by atoms with Gasteiger partial charge in [-0.05, 0) is 80.9 Å². The van der Waals surface area contributed by atoms with Crippen LogP contribution in [0, 0.1) is 26.6 Å². The third kappa shape index (κ3) is 6.32. The van der Waals surface area contributed by atoms with Crippen molar-refractivity contribution >= 4 is 57.4 Å². The van der Waals surface area contributed by atoms with E-state index in [-0.39, 0.29) is 5.82 Å². The minimum atomic E-state index is -0.274. The van der Waals surface area contributed by atoms with Gasteiger partial charge in [-0.25, -0.2) is 14.4 Å². The van der Waals surface area contributed by atoms with E-state index in [2.05, 4.69) is 35.9 Å². The van der Waals surface area contributed by atoms with Crippen molar-refractivity contribution in [3.63, 3.8) is 0 Å². The van der Waals surface area contributed by atoms with Crippen molar-refractivity contribution in [3.05, 3.63) is 82.0 Å². The van der Waals surface area contributed by atoms with E-state index in [1.807, 2.05) is 51.2 Å². The number of rotatable bonds is 5. The number of aliphatic imine (C=N–C) groups is 1. The Labute approximate surface area is 213 Å². The highest BCUT2D eigenvalue weighted by molar-refractivity contribution is 7.80. The van der Waals surface area contributed by atoms with Gasteiger partial charge in [0.2, 0.25) is 11.9 Å². The molecule has 35 heavy (non-hydrogen) atoms. The van der Waals surface area contributed by atoms with Crippen molar-refractivity contribution in [1.82, 2.24) is 20.3 Å². The molecule has 0 aliphatic rings. The molecule has 0 aliphatic heterocycles. The van der Waals surface area contributed by atoms with Crippen molar-refractivity contribution < 1.29 is 4.39 Å². The molecule has 2 heterocycles. The summed E-state index contributed by atoms with van der Waals surface area (Å²) in [5.74, 6) is 0.505. The topological polar surface area (TPSA) is 90.0 Å². The highest BCUT2D eigenvalue weighted by Crippen LogP contribution is 2.25. The number of thiocarbonyl (C=S) groups is 1. The van der Waals surface area contributed by atoms with Crippen LogP contribution in [-0.2, 0) is 6.42 Å². The van der Waals surface area contributed by atoms with Crippen LogP contribution in [0.2, 0.25) is 5.02 Å². The molecule has 0 saturated carbocycles. The number of anilines is 2. The quantitative estimate of drug-likeness (QED) is 0.157. The maximum atomic E-state index is 13.7. The number of halogens is 2. The minimum Gasteiger partial charge on any atom is -0.361 e. The van der Waals surface area contributed by atoms with Crippen molar-refractivity contribution in [2.75, 3.05) is 17.2 Å². The van der Waals surface area contributed by atoms with Gasteiger partial charge in [-0.15, -0.1) is 0 Å². The van der Waals surface area contributed by atoms with Gasteiger partial charge in [-0.1, -0.05) is 23.7 Å². The van der Waals surface area contributed by atoms with Gasteiger partial charge >= 0.3 is 0 Å². The molecule has 4 N–H and O–H groups in total. The van der Waals surface area contributed by atoms with Crippen LogP contribution in [0.1, 0.15) is 22.5 Å². The molecule has 0 radical (unpaired) electrons. The molecule has 2 aromatic carbocycles. The standard InChI is InChI=1S/C25H25ClFN7S/c1-14-5-4-6-21(22(14)26)32-25(35)34-23(33-24-30-15(2)11-16(3)31-24)28-10-9-17-13-29-20-8-7-18(27)12-19(17)20/h4-8,11-13,29H,9-10H2,1-3H3,(H3,28,30,31,32,33,34,35).